The van der Waals surface area contributed by atoms with Crippen LogP contribution < -0.4 is 15.2 Å². The Morgan fingerprint density at radius 2 is 1.85 bits per heavy atom. The first kappa shape index (κ1) is 20.7. The van der Waals surface area contributed by atoms with E-state index in [0.717, 1.165) is 5.56 Å². The van der Waals surface area contributed by atoms with Crippen molar-refractivity contribution < 1.29 is 14.0 Å². The lowest BCUT2D eigenvalue weighted by atomic mass is 9.84. The number of nitrogens with zero attached hydrogens (tertiary/aromatic N) is 4. The normalized spacial score (nSPS) is 18.9. The minimum absolute atomic E-state index is 0.0412. The molecule has 4 heterocycles. The van der Waals surface area contributed by atoms with Gasteiger partial charge in [0.2, 0.25) is 10.9 Å². The van der Waals surface area contributed by atoms with E-state index in [2.05, 4.69) is 10.2 Å². The number of carbonyl (C=O) groups is 2. The first-order valence-corrected chi connectivity index (χ1v) is 11.8. The van der Waals surface area contributed by atoms with Gasteiger partial charge in [-0.15, -0.1) is 10.2 Å². The number of anilines is 2. The molecule has 2 aliphatic rings. The van der Waals surface area contributed by atoms with Crippen LogP contribution in [0, 0.1) is 13.8 Å². The maximum atomic E-state index is 14.3. The molecule has 0 radical (unpaired) electrons. The molecule has 9 heteroatoms. The number of carbonyl (C=O) groups excluding carboxylic acids is 2. The third-order valence-electron chi connectivity index (χ3n) is 6.43. The van der Waals surface area contributed by atoms with Crippen molar-refractivity contribution in [1.29, 1.82) is 0 Å². The van der Waals surface area contributed by atoms with Crippen LogP contribution in [0.3, 0.4) is 0 Å². The van der Waals surface area contributed by atoms with Gasteiger partial charge >= 0.3 is 0 Å². The molecule has 0 saturated carbocycles. The number of hydrogen-bond donors (Lipinski definition) is 0. The van der Waals surface area contributed by atoms with E-state index in [4.69, 9.17) is 4.42 Å². The molecule has 1 atom stereocenters. The Balaban J connectivity index is 1.78. The molecule has 0 N–H and O–H groups in total. The topological polar surface area (TPSA) is 96.6 Å². The number of hydrogen-bond acceptors (Lipinski definition) is 7. The van der Waals surface area contributed by atoms with E-state index in [1.165, 1.54) is 16.2 Å². The number of aryl methyl sites for hydroxylation is 2. The summed E-state index contributed by atoms with van der Waals surface area (Å²) >= 11 is 1.19. The average molecular weight is 473 g/mol. The Hall–Kier alpha value is -3.85. The number of amides is 2. The summed E-state index contributed by atoms with van der Waals surface area (Å²) in [6.07, 6.45) is 0.709. The van der Waals surface area contributed by atoms with E-state index in [0.29, 0.717) is 40.2 Å². The van der Waals surface area contributed by atoms with Gasteiger partial charge in [-0.3, -0.25) is 19.3 Å². The number of benzene rings is 2. The molecule has 2 aromatic carbocycles. The van der Waals surface area contributed by atoms with Gasteiger partial charge in [0.15, 0.2) is 11.0 Å². The largest absolute Gasteiger partial charge is 0.450 e. The van der Waals surface area contributed by atoms with Crippen molar-refractivity contribution in [2.24, 2.45) is 0 Å². The van der Waals surface area contributed by atoms with Crippen LogP contribution in [0.1, 0.15) is 45.6 Å². The first-order valence-electron chi connectivity index (χ1n) is 11.0. The summed E-state index contributed by atoms with van der Waals surface area (Å²) in [5, 5.41) is 9.50. The van der Waals surface area contributed by atoms with Crippen LogP contribution >= 0.6 is 11.3 Å². The molecule has 0 saturated heterocycles. The molecule has 2 aromatic heterocycles. The molecule has 4 aromatic rings. The highest BCUT2D eigenvalue weighted by Gasteiger charge is 2.66. The maximum Gasteiger partial charge on any atom is 0.297 e. The molecule has 0 fully saturated rings. The second-order valence-electron chi connectivity index (χ2n) is 8.56. The van der Waals surface area contributed by atoms with Gasteiger partial charge in [0, 0.05) is 12.1 Å². The van der Waals surface area contributed by atoms with Gasteiger partial charge in [-0.25, -0.2) is 0 Å². The van der Waals surface area contributed by atoms with Gasteiger partial charge in [-0.05, 0) is 38.5 Å². The van der Waals surface area contributed by atoms with Gasteiger partial charge in [-0.1, -0.05) is 48.1 Å². The van der Waals surface area contributed by atoms with Crippen molar-refractivity contribution in [2.75, 3.05) is 16.3 Å². The Bertz CT molecular complexity index is 1590. The second-order valence-corrected chi connectivity index (χ2v) is 9.72. The molecule has 170 valence electrons. The highest BCUT2D eigenvalue weighted by atomic mass is 32.1. The van der Waals surface area contributed by atoms with Crippen LogP contribution in [-0.4, -0.2) is 28.6 Å². The van der Waals surface area contributed by atoms with Crippen molar-refractivity contribution in [3.05, 3.63) is 80.1 Å². The van der Waals surface area contributed by atoms with E-state index >= 15 is 0 Å². The summed E-state index contributed by atoms with van der Waals surface area (Å²) in [6, 6.07) is 12.5. The quantitative estimate of drug-likeness (QED) is 0.448. The lowest BCUT2D eigenvalue weighted by Gasteiger charge is -2.32. The van der Waals surface area contributed by atoms with Gasteiger partial charge in [-0.2, -0.15) is 0 Å². The number of aromatic nitrogens is 2. The summed E-state index contributed by atoms with van der Waals surface area (Å²) in [6.45, 7) is 6.07. The molecule has 8 nitrogen and oxygen atoms in total. The highest BCUT2D eigenvalue weighted by Crippen LogP contribution is 2.54. The van der Waals surface area contributed by atoms with Crippen molar-refractivity contribution in [1.82, 2.24) is 10.2 Å². The zero-order valence-corrected chi connectivity index (χ0v) is 19.6. The lowest BCUT2D eigenvalue weighted by Crippen LogP contribution is -2.53. The first-order chi connectivity index (χ1) is 16.4. The standard InChI is InChI=1S/C25H20N4O4S/c1-4-11-28-17-8-6-5-7-16(17)25(23(28)32)19-20(30)15-12-13(2)9-10-18(15)33-21(19)22(31)29(25)24-27-26-14(3)34-24/h5-10,12H,4,11H2,1-3H3. The molecule has 0 bridgehead atoms. The Morgan fingerprint density at radius 3 is 2.59 bits per heavy atom. The number of para-hydroxylation sites is 1. The predicted molar refractivity (Wildman–Crippen MR) is 129 cm³/mol. The van der Waals surface area contributed by atoms with Crippen molar-refractivity contribution in [3.8, 4) is 0 Å². The summed E-state index contributed by atoms with van der Waals surface area (Å²) in [4.78, 5) is 45.3. The average Bonchev–Trinajstić information content (AvgIpc) is 3.43. The van der Waals surface area contributed by atoms with Crippen LogP contribution in [0.4, 0.5) is 10.8 Å². The van der Waals surface area contributed by atoms with Crippen LogP contribution in [0.5, 0.6) is 0 Å². The van der Waals surface area contributed by atoms with Crippen LogP contribution in [0.25, 0.3) is 11.0 Å². The monoisotopic (exact) mass is 472 g/mol. The van der Waals surface area contributed by atoms with Gasteiger partial charge in [0.25, 0.3) is 11.8 Å². The van der Waals surface area contributed by atoms with E-state index in [9.17, 15) is 14.4 Å². The third kappa shape index (κ3) is 2.44. The summed E-state index contributed by atoms with van der Waals surface area (Å²) in [5.41, 5.74) is 0.358. The fourth-order valence-electron chi connectivity index (χ4n) is 5.10. The number of fused-ring (bicyclic) bond motifs is 5. The van der Waals surface area contributed by atoms with Crippen LogP contribution in [0.15, 0.2) is 51.7 Å². The van der Waals surface area contributed by atoms with Crippen molar-refractivity contribution in [3.63, 3.8) is 0 Å². The Kier molecular flexibility index (Phi) is 4.31. The SMILES string of the molecule is CCCN1C(=O)C2(c3ccccc31)c1c(oc3ccc(C)cc3c1=O)C(=O)N2c1nnc(C)s1. The second kappa shape index (κ2) is 7.07. The summed E-state index contributed by atoms with van der Waals surface area (Å²) in [7, 11) is 0. The fraction of sp³-hybridized carbons (Fsp3) is 0.240. The number of rotatable bonds is 3. The van der Waals surface area contributed by atoms with Crippen molar-refractivity contribution >= 4 is 44.9 Å². The minimum atomic E-state index is -1.71. The van der Waals surface area contributed by atoms with Gasteiger partial charge < -0.3 is 9.32 Å². The van der Waals surface area contributed by atoms with Gasteiger partial charge in [0.05, 0.1) is 16.6 Å². The lowest BCUT2D eigenvalue weighted by molar-refractivity contribution is -0.121. The minimum Gasteiger partial charge on any atom is -0.450 e. The van der Waals surface area contributed by atoms with E-state index < -0.39 is 16.9 Å². The molecule has 1 unspecified atom stereocenters. The molecular weight excluding hydrogens is 452 g/mol. The molecule has 2 aliphatic heterocycles. The van der Waals surface area contributed by atoms with Crippen LogP contribution in [-0.2, 0) is 10.3 Å². The predicted octanol–water partition coefficient (Wildman–Crippen LogP) is 3.92. The molecule has 0 aliphatic carbocycles. The van der Waals surface area contributed by atoms with Gasteiger partial charge in [0.1, 0.15) is 10.6 Å². The molecule has 34 heavy (non-hydrogen) atoms. The highest BCUT2D eigenvalue weighted by molar-refractivity contribution is 7.15. The maximum absolute atomic E-state index is 14.3. The van der Waals surface area contributed by atoms with E-state index in [1.807, 2.05) is 38.1 Å². The Labute approximate surface area is 198 Å². The summed E-state index contributed by atoms with van der Waals surface area (Å²) in [5.74, 6) is -1.07. The molecule has 6 rings (SSSR count). The fourth-order valence-corrected chi connectivity index (χ4v) is 5.84. The van der Waals surface area contributed by atoms with Crippen molar-refractivity contribution in [2.45, 2.75) is 32.7 Å². The molecular formula is C25H20N4O4S. The van der Waals surface area contributed by atoms with E-state index in [1.54, 1.807) is 30.0 Å². The molecule has 1 spiro atoms. The smallest absolute Gasteiger partial charge is 0.297 e. The third-order valence-corrected chi connectivity index (χ3v) is 7.26. The summed E-state index contributed by atoms with van der Waals surface area (Å²) < 4.78 is 6.05. The molecule has 2 amide bonds. The zero-order valence-electron chi connectivity index (χ0n) is 18.8. The zero-order chi connectivity index (χ0) is 23.8. The van der Waals surface area contributed by atoms with E-state index in [-0.39, 0.29) is 22.4 Å². The van der Waals surface area contributed by atoms with Crippen LogP contribution in [0.2, 0.25) is 0 Å². The Morgan fingerprint density at radius 1 is 1.06 bits per heavy atom.